The monoisotopic (exact) mass is 222 g/mol. The Hall–Kier alpha value is -1.02. The molecular formula is C14H22O2. The van der Waals surface area contributed by atoms with Crippen LogP contribution in [0.3, 0.4) is 0 Å². The van der Waals surface area contributed by atoms with E-state index in [2.05, 4.69) is 13.0 Å². The van der Waals surface area contributed by atoms with Gasteiger partial charge in [-0.15, -0.1) is 0 Å². The molecule has 0 amide bonds. The van der Waals surface area contributed by atoms with Crippen molar-refractivity contribution in [1.82, 2.24) is 0 Å². The van der Waals surface area contributed by atoms with Crippen LogP contribution < -0.4 is 4.74 Å². The zero-order valence-corrected chi connectivity index (χ0v) is 10.3. The average molecular weight is 222 g/mol. The predicted molar refractivity (Wildman–Crippen MR) is 66.8 cm³/mol. The quantitative estimate of drug-likeness (QED) is 0.767. The Morgan fingerprint density at radius 3 is 2.81 bits per heavy atom. The van der Waals surface area contributed by atoms with E-state index in [1.54, 1.807) is 7.11 Å². The molecule has 0 fully saturated rings. The third-order valence-corrected chi connectivity index (χ3v) is 2.79. The van der Waals surface area contributed by atoms with Crippen LogP contribution in [0.25, 0.3) is 0 Å². The first-order valence-corrected chi connectivity index (χ1v) is 6.07. The maximum absolute atomic E-state index is 9.74. The SMILES string of the molecule is CCCCC(O)CCc1cccc(OC)c1. The summed E-state index contributed by atoms with van der Waals surface area (Å²) in [5.41, 5.74) is 1.23. The Labute approximate surface area is 98.3 Å². The summed E-state index contributed by atoms with van der Waals surface area (Å²) >= 11 is 0. The fourth-order valence-electron chi connectivity index (χ4n) is 1.75. The van der Waals surface area contributed by atoms with Gasteiger partial charge in [-0.25, -0.2) is 0 Å². The summed E-state index contributed by atoms with van der Waals surface area (Å²) in [7, 11) is 1.68. The van der Waals surface area contributed by atoms with Gasteiger partial charge in [-0.1, -0.05) is 31.9 Å². The highest BCUT2D eigenvalue weighted by atomic mass is 16.5. The molecule has 0 radical (unpaired) electrons. The molecule has 1 aromatic carbocycles. The van der Waals surface area contributed by atoms with E-state index in [-0.39, 0.29) is 6.10 Å². The van der Waals surface area contributed by atoms with E-state index in [0.717, 1.165) is 37.9 Å². The maximum Gasteiger partial charge on any atom is 0.119 e. The molecule has 0 saturated heterocycles. The van der Waals surface area contributed by atoms with Gasteiger partial charge in [0.2, 0.25) is 0 Å². The van der Waals surface area contributed by atoms with E-state index < -0.39 is 0 Å². The second kappa shape index (κ2) is 7.29. The number of ether oxygens (including phenoxy) is 1. The lowest BCUT2D eigenvalue weighted by Gasteiger charge is -2.10. The van der Waals surface area contributed by atoms with Gasteiger partial charge < -0.3 is 9.84 Å². The van der Waals surface area contributed by atoms with Gasteiger partial charge in [0.15, 0.2) is 0 Å². The molecule has 0 spiro atoms. The molecular weight excluding hydrogens is 200 g/mol. The molecule has 1 N–H and O–H groups in total. The normalized spacial score (nSPS) is 12.4. The number of hydrogen-bond acceptors (Lipinski definition) is 2. The molecule has 1 unspecified atom stereocenters. The first kappa shape index (κ1) is 13.0. The van der Waals surface area contributed by atoms with Crippen molar-refractivity contribution in [3.05, 3.63) is 29.8 Å². The number of rotatable bonds is 7. The molecule has 0 heterocycles. The molecule has 0 saturated carbocycles. The topological polar surface area (TPSA) is 29.5 Å². The summed E-state index contributed by atoms with van der Waals surface area (Å²) in [5.74, 6) is 0.889. The molecule has 0 bridgehead atoms. The van der Waals surface area contributed by atoms with Crippen molar-refractivity contribution in [2.24, 2.45) is 0 Å². The standard InChI is InChI=1S/C14H22O2/c1-3-4-7-13(15)10-9-12-6-5-8-14(11-12)16-2/h5-6,8,11,13,15H,3-4,7,9-10H2,1-2H3. The highest BCUT2D eigenvalue weighted by Gasteiger charge is 2.04. The summed E-state index contributed by atoms with van der Waals surface area (Å²) in [5, 5.41) is 9.74. The second-order valence-electron chi connectivity index (χ2n) is 4.19. The number of unbranched alkanes of at least 4 members (excludes halogenated alkanes) is 1. The molecule has 2 nitrogen and oxygen atoms in total. The summed E-state index contributed by atoms with van der Waals surface area (Å²) in [4.78, 5) is 0. The van der Waals surface area contributed by atoms with Crippen molar-refractivity contribution < 1.29 is 9.84 Å². The van der Waals surface area contributed by atoms with Crippen LogP contribution >= 0.6 is 0 Å². The van der Waals surface area contributed by atoms with Gasteiger partial charge in [0.05, 0.1) is 13.2 Å². The molecule has 1 atom stereocenters. The van der Waals surface area contributed by atoms with E-state index in [1.807, 2.05) is 18.2 Å². The van der Waals surface area contributed by atoms with Gasteiger partial charge in [0, 0.05) is 0 Å². The van der Waals surface area contributed by atoms with E-state index in [0.29, 0.717) is 0 Å². The van der Waals surface area contributed by atoms with Crippen molar-refractivity contribution in [1.29, 1.82) is 0 Å². The van der Waals surface area contributed by atoms with Gasteiger partial charge in [-0.05, 0) is 37.0 Å². The van der Waals surface area contributed by atoms with E-state index in [4.69, 9.17) is 4.74 Å². The molecule has 0 aliphatic carbocycles. The van der Waals surface area contributed by atoms with Gasteiger partial charge in [-0.3, -0.25) is 0 Å². The van der Waals surface area contributed by atoms with Crippen LogP contribution in [0.2, 0.25) is 0 Å². The Kier molecular flexibility index (Phi) is 5.94. The van der Waals surface area contributed by atoms with Crippen LogP contribution in [0.15, 0.2) is 24.3 Å². The third-order valence-electron chi connectivity index (χ3n) is 2.79. The number of aliphatic hydroxyl groups is 1. The van der Waals surface area contributed by atoms with Crippen LogP contribution in [0.4, 0.5) is 0 Å². The molecule has 0 aliphatic rings. The van der Waals surface area contributed by atoms with E-state index in [1.165, 1.54) is 5.56 Å². The molecule has 0 aliphatic heterocycles. The fourth-order valence-corrected chi connectivity index (χ4v) is 1.75. The lowest BCUT2D eigenvalue weighted by Crippen LogP contribution is -2.07. The van der Waals surface area contributed by atoms with Crippen molar-refractivity contribution >= 4 is 0 Å². The molecule has 1 aromatic rings. The highest BCUT2D eigenvalue weighted by molar-refractivity contribution is 5.28. The van der Waals surface area contributed by atoms with Gasteiger partial charge in [0.1, 0.15) is 5.75 Å². The minimum atomic E-state index is -0.161. The first-order chi connectivity index (χ1) is 7.76. The van der Waals surface area contributed by atoms with Crippen LogP contribution in [-0.4, -0.2) is 18.3 Å². The maximum atomic E-state index is 9.74. The van der Waals surface area contributed by atoms with E-state index in [9.17, 15) is 5.11 Å². The molecule has 90 valence electrons. The Balaban J connectivity index is 2.35. The number of benzene rings is 1. The molecule has 16 heavy (non-hydrogen) atoms. The Morgan fingerprint density at radius 2 is 2.12 bits per heavy atom. The minimum absolute atomic E-state index is 0.161. The largest absolute Gasteiger partial charge is 0.497 e. The summed E-state index contributed by atoms with van der Waals surface area (Å²) in [6.45, 7) is 2.15. The molecule has 1 rings (SSSR count). The Bertz CT molecular complexity index is 297. The summed E-state index contributed by atoms with van der Waals surface area (Å²) in [6.07, 6.45) is 4.77. The predicted octanol–water partition coefficient (Wildman–Crippen LogP) is 3.18. The number of aryl methyl sites for hydroxylation is 1. The number of hydrogen-bond donors (Lipinski definition) is 1. The minimum Gasteiger partial charge on any atom is -0.497 e. The third kappa shape index (κ3) is 4.67. The summed E-state index contributed by atoms with van der Waals surface area (Å²) < 4.78 is 5.16. The van der Waals surface area contributed by atoms with Gasteiger partial charge >= 0.3 is 0 Å². The van der Waals surface area contributed by atoms with Crippen molar-refractivity contribution in [2.75, 3.05) is 7.11 Å². The molecule has 2 heteroatoms. The fraction of sp³-hybridized carbons (Fsp3) is 0.571. The van der Waals surface area contributed by atoms with Crippen LogP contribution in [-0.2, 0) is 6.42 Å². The second-order valence-corrected chi connectivity index (χ2v) is 4.19. The van der Waals surface area contributed by atoms with Gasteiger partial charge in [-0.2, -0.15) is 0 Å². The smallest absolute Gasteiger partial charge is 0.119 e. The van der Waals surface area contributed by atoms with Crippen molar-refractivity contribution in [2.45, 2.75) is 45.1 Å². The van der Waals surface area contributed by atoms with Crippen molar-refractivity contribution in [3.63, 3.8) is 0 Å². The van der Waals surface area contributed by atoms with Crippen molar-refractivity contribution in [3.8, 4) is 5.75 Å². The number of methoxy groups -OCH3 is 1. The van der Waals surface area contributed by atoms with E-state index >= 15 is 0 Å². The lowest BCUT2D eigenvalue weighted by atomic mass is 10.0. The summed E-state index contributed by atoms with van der Waals surface area (Å²) in [6, 6.07) is 8.05. The zero-order chi connectivity index (χ0) is 11.8. The van der Waals surface area contributed by atoms with Gasteiger partial charge in [0.25, 0.3) is 0 Å². The Morgan fingerprint density at radius 1 is 1.31 bits per heavy atom. The average Bonchev–Trinajstić information content (AvgIpc) is 2.34. The lowest BCUT2D eigenvalue weighted by molar-refractivity contribution is 0.152. The first-order valence-electron chi connectivity index (χ1n) is 6.07. The van der Waals surface area contributed by atoms with Crippen LogP contribution in [0.5, 0.6) is 5.75 Å². The highest BCUT2D eigenvalue weighted by Crippen LogP contribution is 2.15. The zero-order valence-electron chi connectivity index (χ0n) is 10.3. The van der Waals surface area contributed by atoms with Crippen LogP contribution in [0, 0.1) is 0 Å². The molecule has 0 aromatic heterocycles. The number of aliphatic hydroxyl groups excluding tert-OH is 1. The van der Waals surface area contributed by atoms with Crippen LogP contribution in [0.1, 0.15) is 38.2 Å².